The zero-order valence-electron chi connectivity index (χ0n) is 9.01. The second kappa shape index (κ2) is 4.97. The van der Waals surface area contributed by atoms with Crippen LogP contribution in [-0.2, 0) is 0 Å². The molecule has 1 heterocycles. The number of halogens is 1. The van der Waals surface area contributed by atoms with E-state index in [2.05, 4.69) is 5.32 Å². The van der Waals surface area contributed by atoms with E-state index in [1.807, 2.05) is 0 Å². The van der Waals surface area contributed by atoms with Crippen LogP contribution in [0.15, 0.2) is 35.0 Å². The standard InChI is InChI=1S/C12H8FNO3S/c13-8-1-2-10(9(5-8)12(16)17)14-11(15)7-3-4-18-6-7/h1-6H,(H,14,15)(H,16,17). The molecular formula is C12H8FNO3S. The zero-order chi connectivity index (χ0) is 13.1. The van der Waals surface area contributed by atoms with E-state index in [4.69, 9.17) is 5.11 Å². The van der Waals surface area contributed by atoms with Crippen molar-refractivity contribution in [1.82, 2.24) is 0 Å². The number of aromatic carboxylic acids is 1. The fourth-order valence-electron chi connectivity index (χ4n) is 1.39. The molecule has 0 bridgehead atoms. The van der Waals surface area contributed by atoms with Crippen molar-refractivity contribution in [3.8, 4) is 0 Å². The highest BCUT2D eigenvalue weighted by Gasteiger charge is 2.14. The molecule has 0 atom stereocenters. The Kier molecular flexibility index (Phi) is 3.38. The van der Waals surface area contributed by atoms with E-state index in [0.717, 1.165) is 12.1 Å². The van der Waals surface area contributed by atoms with Crippen LogP contribution in [0.4, 0.5) is 10.1 Å². The SMILES string of the molecule is O=C(Nc1ccc(F)cc1C(=O)O)c1ccsc1. The third-order valence-corrected chi connectivity index (χ3v) is 2.93. The van der Waals surface area contributed by atoms with Crippen LogP contribution in [0.2, 0.25) is 0 Å². The number of nitrogens with one attached hydrogen (secondary N) is 1. The molecule has 0 saturated heterocycles. The maximum Gasteiger partial charge on any atom is 0.337 e. The Hall–Kier alpha value is -2.21. The first-order chi connectivity index (χ1) is 8.58. The van der Waals surface area contributed by atoms with Crippen LogP contribution < -0.4 is 5.32 Å². The summed E-state index contributed by atoms with van der Waals surface area (Å²) in [5.74, 6) is -2.39. The van der Waals surface area contributed by atoms with Gasteiger partial charge in [0.2, 0.25) is 0 Å². The highest BCUT2D eigenvalue weighted by Crippen LogP contribution is 2.18. The number of benzene rings is 1. The van der Waals surface area contributed by atoms with Gasteiger partial charge in [0.25, 0.3) is 5.91 Å². The molecule has 18 heavy (non-hydrogen) atoms. The molecule has 4 nitrogen and oxygen atoms in total. The molecule has 0 aliphatic rings. The van der Waals surface area contributed by atoms with Gasteiger partial charge in [-0.1, -0.05) is 0 Å². The van der Waals surface area contributed by atoms with Crippen molar-refractivity contribution < 1.29 is 19.1 Å². The average Bonchev–Trinajstić information content (AvgIpc) is 2.84. The number of carbonyl (C=O) groups excluding carboxylic acids is 1. The van der Waals surface area contributed by atoms with Crippen molar-refractivity contribution in [3.63, 3.8) is 0 Å². The van der Waals surface area contributed by atoms with Gasteiger partial charge < -0.3 is 10.4 Å². The lowest BCUT2D eigenvalue weighted by Crippen LogP contribution is -2.14. The summed E-state index contributed by atoms with van der Waals surface area (Å²) in [7, 11) is 0. The zero-order valence-corrected chi connectivity index (χ0v) is 9.83. The highest BCUT2D eigenvalue weighted by molar-refractivity contribution is 7.08. The number of hydrogen-bond donors (Lipinski definition) is 2. The van der Waals surface area contributed by atoms with Crippen molar-refractivity contribution >= 4 is 28.9 Å². The minimum absolute atomic E-state index is 0.0695. The Morgan fingerprint density at radius 1 is 1.28 bits per heavy atom. The van der Waals surface area contributed by atoms with Gasteiger partial charge in [0.05, 0.1) is 16.8 Å². The fourth-order valence-corrected chi connectivity index (χ4v) is 2.03. The molecule has 1 aromatic heterocycles. The van der Waals surface area contributed by atoms with Crippen LogP contribution in [0.5, 0.6) is 0 Å². The number of hydrogen-bond acceptors (Lipinski definition) is 3. The topological polar surface area (TPSA) is 66.4 Å². The summed E-state index contributed by atoms with van der Waals surface area (Å²) < 4.78 is 12.9. The number of thiophene rings is 1. The number of carbonyl (C=O) groups is 2. The van der Waals surface area contributed by atoms with E-state index >= 15 is 0 Å². The molecule has 0 aliphatic heterocycles. The van der Waals surface area contributed by atoms with Gasteiger partial charge in [-0.05, 0) is 29.6 Å². The number of anilines is 1. The van der Waals surface area contributed by atoms with Crippen molar-refractivity contribution in [2.45, 2.75) is 0 Å². The van der Waals surface area contributed by atoms with E-state index in [1.165, 1.54) is 17.4 Å². The first-order valence-electron chi connectivity index (χ1n) is 4.94. The molecule has 1 amide bonds. The van der Waals surface area contributed by atoms with Gasteiger partial charge in [-0.3, -0.25) is 4.79 Å². The Morgan fingerprint density at radius 3 is 2.67 bits per heavy atom. The Bertz CT molecular complexity index is 595. The van der Waals surface area contributed by atoms with Crippen molar-refractivity contribution in [3.05, 3.63) is 52.0 Å². The molecule has 92 valence electrons. The molecule has 2 aromatic rings. The molecule has 0 unspecified atom stereocenters. The quantitative estimate of drug-likeness (QED) is 0.896. The van der Waals surface area contributed by atoms with E-state index in [0.29, 0.717) is 5.56 Å². The van der Waals surface area contributed by atoms with Gasteiger partial charge >= 0.3 is 5.97 Å². The van der Waals surface area contributed by atoms with E-state index in [-0.39, 0.29) is 11.3 Å². The van der Waals surface area contributed by atoms with Crippen molar-refractivity contribution in [2.24, 2.45) is 0 Å². The van der Waals surface area contributed by atoms with Crippen LogP contribution in [0.1, 0.15) is 20.7 Å². The molecule has 0 spiro atoms. The molecule has 2 N–H and O–H groups in total. The van der Waals surface area contributed by atoms with Gasteiger partial charge in [-0.2, -0.15) is 11.3 Å². The maximum atomic E-state index is 12.9. The molecule has 2 rings (SSSR count). The highest BCUT2D eigenvalue weighted by atomic mass is 32.1. The van der Waals surface area contributed by atoms with Gasteiger partial charge in [-0.25, -0.2) is 9.18 Å². The molecule has 6 heteroatoms. The van der Waals surface area contributed by atoms with E-state index < -0.39 is 17.7 Å². The first kappa shape index (κ1) is 12.3. The Balaban J connectivity index is 2.29. The molecule has 0 fully saturated rings. The summed E-state index contributed by atoms with van der Waals surface area (Å²) in [6.07, 6.45) is 0. The second-order valence-electron chi connectivity index (χ2n) is 3.46. The summed E-state index contributed by atoms with van der Waals surface area (Å²) in [4.78, 5) is 22.7. The number of carboxylic acids is 1. The van der Waals surface area contributed by atoms with E-state index in [9.17, 15) is 14.0 Å². The van der Waals surface area contributed by atoms with Crippen molar-refractivity contribution in [2.75, 3.05) is 5.32 Å². The summed E-state index contributed by atoms with van der Waals surface area (Å²) in [5.41, 5.74) is 0.222. The van der Waals surface area contributed by atoms with Gasteiger partial charge in [0.15, 0.2) is 0 Å². The Labute approximate surface area is 106 Å². The molecule has 0 aliphatic carbocycles. The predicted octanol–water partition coefficient (Wildman–Crippen LogP) is 2.84. The second-order valence-corrected chi connectivity index (χ2v) is 4.24. The maximum absolute atomic E-state index is 12.9. The lowest BCUT2D eigenvalue weighted by molar-refractivity contribution is 0.0697. The lowest BCUT2D eigenvalue weighted by atomic mass is 10.1. The van der Waals surface area contributed by atoms with Crippen LogP contribution in [0, 0.1) is 5.82 Å². The monoisotopic (exact) mass is 265 g/mol. The van der Waals surface area contributed by atoms with Gasteiger partial charge in [0, 0.05) is 5.38 Å². The van der Waals surface area contributed by atoms with Crippen molar-refractivity contribution in [1.29, 1.82) is 0 Å². The largest absolute Gasteiger partial charge is 0.478 e. The van der Waals surface area contributed by atoms with Crippen LogP contribution in [0.25, 0.3) is 0 Å². The Morgan fingerprint density at radius 2 is 2.06 bits per heavy atom. The van der Waals surface area contributed by atoms with Gasteiger partial charge in [0.1, 0.15) is 5.82 Å². The average molecular weight is 265 g/mol. The lowest BCUT2D eigenvalue weighted by Gasteiger charge is -2.07. The van der Waals surface area contributed by atoms with Crippen LogP contribution >= 0.6 is 11.3 Å². The third kappa shape index (κ3) is 2.54. The third-order valence-electron chi connectivity index (χ3n) is 2.24. The summed E-state index contributed by atoms with van der Waals surface area (Å²) in [6, 6.07) is 4.80. The molecular weight excluding hydrogens is 257 g/mol. The normalized spacial score (nSPS) is 10.1. The molecule has 0 saturated carbocycles. The fraction of sp³-hybridized carbons (Fsp3) is 0. The minimum atomic E-state index is -1.30. The molecule has 1 aromatic carbocycles. The summed E-state index contributed by atoms with van der Waals surface area (Å²) >= 11 is 1.35. The van der Waals surface area contributed by atoms with E-state index in [1.54, 1.807) is 16.8 Å². The first-order valence-corrected chi connectivity index (χ1v) is 5.88. The van der Waals surface area contributed by atoms with Gasteiger partial charge in [-0.15, -0.1) is 0 Å². The smallest absolute Gasteiger partial charge is 0.337 e. The number of rotatable bonds is 3. The molecule has 0 radical (unpaired) electrons. The summed E-state index contributed by atoms with van der Waals surface area (Å²) in [5, 5.41) is 14.7. The predicted molar refractivity (Wildman–Crippen MR) is 65.6 cm³/mol. The van der Waals surface area contributed by atoms with Crippen LogP contribution in [-0.4, -0.2) is 17.0 Å². The summed E-state index contributed by atoms with van der Waals surface area (Å²) in [6.45, 7) is 0. The van der Waals surface area contributed by atoms with Crippen LogP contribution in [0.3, 0.4) is 0 Å². The number of carboxylic acid groups (broad SMARTS) is 1. The minimum Gasteiger partial charge on any atom is -0.478 e. The number of amides is 1.